The van der Waals surface area contributed by atoms with Crippen LogP contribution in [0.3, 0.4) is 0 Å². The van der Waals surface area contributed by atoms with Crippen molar-refractivity contribution in [3.05, 3.63) is 35.9 Å². The molecule has 0 spiro atoms. The van der Waals surface area contributed by atoms with Gasteiger partial charge in [0.2, 0.25) is 11.8 Å². The van der Waals surface area contributed by atoms with E-state index in [1.165, 1.54) is 9.80 Å². The van der Waals surface area contributed by atoms with E-state index >= 15 is 0 Å². The van der Waals surface area contributed by atoms with E-state index in [4.69, 9.17) is 15.2 Å². The quantitative estimate of drug-likeness (QED) is 0.676. The number of alkyl carbamates (subject to hydrolysis) is 1. The molecule has 1 heterocycles. The molecular weight excluding hydrogens is 380 g/mol. The van der Waals surface area contributed by atoms with Crippen LogP contribution in [0.4, 0.5) is 9.59 Å². The summed E-state index contributed by atoms with van der Waals surface area (Å²) in [4.78, 5) is 50.9. The van der Waals surface area contributed by atoms with Gasteiger partial charge in [0.25, 0.3) is 0 Å². The fourth-order valence-electron chi connectivity index (χ4n) is 2.85. The van der Waals surface area contributed by atoms with Crippen molar-refractivity contribution in [2.75, 3.05) is 32.8 Å². The summed E-state index contributed by atoms with van der Waals surface area (Å²) in [6, 6.07) is 7.92. The fourth-order valence-corrected chi connectivity index (χ4v) is 2.85. The molecule has 1 aromatic carbocycles. The number of primary amides is 1. The molecule has 1 aromatic rings. The van der Waals surface area contributed by atoms with Crippen LogP contribution < -0.4 is 11.1 Å². The maximum absolute atomic E-state index is 12.8. The molecule has 10 nitrogen and oxygen atoms in total. The third-order valence-electron chi connectivity index (χ3n) is 4.33. The minimum atomic E-state index is -1.13. The molecule has 2 rings (SSSR count). The third kappa shape index (κ3) is 6.98. The summed E-state index contributed by atoms with van der Waals surface area (Å²) >= 11 is 0. The second kappa shape index (κ2) is 10.9. The van der Waals surface area contributed by atoms with E-state index < -0.39 is 30.0 Å². The first-order valence-corrected chi connectivity index (χ1v) is 9.36. The molecule has 3 N–H and O–H groups in total. The predicted molar refractivity (Wildman–Crippen MR) is 103 cm³/mol. The third-order valence-corrected chi connectivity index (χ3v) is 4.33. The van der Waals surface area contributed by atoms with E-state index in [0.29, 0.717) is 13.1 Å². The van der Waals surface area contributed by atoms with E-state index in [0.717, 1.165) is 5.56 Å². The number of nitrogens with two attached hydrogens (primary N) is 1. The van der Waals surface area contributed by atoms with Gasteiger partial charge in [-0.05, 0) is 12.5 Å². The Kier molecular flexibility index (Phi) is 8.26. The lowest BCUT2D eigenvalue weighted by molar-refractivity contribution is -0.136. The Bertz CT molecular complexity index is 719. The average molecular weight is 406 g/mol. The number of nitrogens with zero attached hydrogens (tertiary/aromatic N) is 2. The minimum absolute atomic E-state index is 0.0301. The van der Waals surface area contributed by atoms with Crippen molar-refractivity contribution < 1.29 is 28.7 Å². The predicted octanol–water partition coefficient (Wildman–Crippen LogP) is 0.458. The number of amides is 4. The standard InChI is InChI=1S/C19H26N4O6/c1-2-28-19(27)23-10-8-22(9-11-23)17(25)15(12-16(20)24)21-18(26)29-13-14-6-4-3-5-7-14/h3-7,15H,2,8-13H2,1H3,(H2,20,24)(H,21,26)/t15-/m0/s1. The topological polar surface area (TPSA) is 131 Å². The second-order valence-corrected chi connectivity index (χ2v) is 6.44. The Balaban J connectivity index is 1.89. The highest BCUT2D eigenvalue weighted by atomic mass is 16.6. The van der Waals surface area contributed by atoms with Crippen LogP contribution in [0, 0.1) is 0 Å². The normalized spacial score (nSPS) is 14.7. The zero-order valence-corrected chi connectivity index (χ0v) is 16.3. The van der Waals surface area contributed by atoms with Gasteiger partial charge < -0.3 is 30.3 Å². The largest absolute Gasteiger partial charge is 0.450 e. The van der Waals surface area contributed by atoms with Crippen LogP contribution in [0.2, 0.25) is 0 Å². The second-order valence-electron chi connectivity index (χ2n) is 6.44. The van der Waals surface area contributed by atoms with Crippen molar-refractivity contribution in [2.24, 2.45) is 5.73 Å². The molecule has 4 amide bonds. The van der Waals surface area contributed by atoms with Crippen LogP contribution in [0.25, 0.3) is 0 Å². The summed E-state index contributed by atoms with van der Waals surface area (Å²) in [6.45, 7) is 3.13. The monoisotopic (exact) mass is 406 g/mol. The molecule has 1 aliphatic heterocycles. The highest BCUT2D eigenvalue weighted by molar-refractivity contribution is 5.90. The molecule has 158 valence electrons. The molecule has 1 aliphatic rings. The Morgan fingerprint density at radius 2 is 1.66 bits per heavy atom. The van der Waals surface area contributed by atoms with Crippen LogP contribution in [-0.4, -0.2) is 72.6 Å². The first-order valence-electron chi connectivity index (χ1n) is 9.36. The molecule has 29 heavy (non-hydrogen) atoms. The number of benzene rings is 1. The van der Waals surface area contributed by atoms with Crippen LogP contribution in [0.1, 0.15) is 18.9 Å². The van der Waals surface area contributed by atoms with Gasteiger partial charge in [0.1, 0.15) is 12.6 Å². The van der Waals surface area contributed by atoms with Gasteiger partial charge >= 0.3 is 12.2 Å². The first-order chi connectivity index (χ1) is 13.9. The van der Waals surface area contributed by atoms with E-state index in [-0.39, 0.29) is 32.7 Å². The van der Waals surface area contributed by atoms with Crippen molar-refractivity contribution in [2.45, 2.75) is 26.0 Å². The number of piperazine rings is 1. The number of nitrogens with one attached hydrogen (secondary N) is 1. The zero-order valence-electron chi connectivity index (χ0n) is 16.3. The number of hydrogen-bond acceptors (Lipinski definition) is 6. The van der Waals surface area contributed by atoms with E-state index in [9.17, 15) is 19.2 Å². The molecule has 0 aromatic heterocycles. The summed E-state index contributed by atoms with van der Waals surface area (Å²) in [5.74, 6) is -1.18. The van der Waals surface area contributed by atoms with Crippen LogP contribution in [0.15, 0.2) is 30.3 Å². The molecule has 0 unspecified atom stereocenters. The summed E-state index contributed by atoms with van der Waals surface area (Å²) in [7, 11) is 0. The summed E-state index contributed by atoms with van der Waals surface area (Å²) in [5.41, 5.74) is 6.01. The Morgan fingerprint density at radius 1 is 1.03 bits per heavy atom. The molecule has 1 atom stereocenters. The van der Waals surface area contributed by atoms with Gasteiger partial charge in [-0.15, -0.1) is 0 Å². The number of carbonyl (C=O) groups excluding carboxylic acids is 4. The maximum Gasteiger partial charge on any atom is 0.409 e. The lowest BCUT2D eigenvalue weighted by Crippen LogP contribution is -2.56. The van der Waals surface area contributed by atoms with Crippen LogP contribution >= 0.6 is 0 Å². The van der Waals surface area contributed by atoms with Gasteiger partial charge in [-0.2, -0.15) is 0 Å². The SMILES string of the molecule is CCOC(=O)N1CCN(C(=O)[C@H](CC(N)=O)NC(=O)OCc2ccccc2)CC1. The van der Waals surface area contributed by atoms with Crippen molar-refractivity contribution >= 4 is 24.0 Å². The van der Waals surface area contributed by atoms with Gasteiger partial charge in [0, 0.05) is 26.2 Å². The Labute approximate surface area is 168 Å². The van der Waals surface area contributed by atoms with Gasteiger partial charge in [-0.25, -0.2) is 9.59 Å². The van der Waals surface area contributed by atoms with Crippen LogP contribution in [-0.2, 0) is 25.7 Å². The molecule has 10 heteroatoms. The maximum atomic E-state index is 12.8. The van der Waals surface area contributed by atoms with Crippen molar-refractivity contribution in [3.8, 4) is 0 Å². The van der Waals surface area contributed by atoms with Crippen molar-refractivity contribution in [1.82, 2.24) is 15.1 Å². The first kappa shape index (κ1) is 22.0. The molecule has 1 saturated heterocycles. The lowest BCUT2D eigenvalue weighted by atomic mass is 10.1. The van der Waals surface area contributed by atoms with Crippen LogP contribution in [0.5, 0.6) is 0 Å². The number of carbonyl (C=O) groups is 4. The Hall–Kier alpha value is -3.30. The van der Waals surface area contributed by atoms with E-state index in [1.54, 1.807) is 19.1 Å². The number of hydrogen-bond donors (Lipinski definition) is 2. The van der Waals surface area contributed by atoms with Gasteiger partial charge in [-0.1, -0.05) is 30.3 Å². The van der Waals surface area contributed by atoms with Gasteiger partial charge in [0.15, 0.2) is 0 Å². The Morgan fingerprint density at radius 3 is 2.24 bits per heavy atom. The summed E-state index contributed by atoms with van der Waals surface area (Å²) in [5, 5.41) is 2.41. The summed E-state index contributed by atoms with van der Waals surface area (Å²) < 4.78 is 10.1. The van der Waals surface area contributed by atoms with E-state index in [1.807, 2.05) is 18.2 Å². The minimum Gasteiger partial charge on any atom is -0.450 e. The smallest absolute Gasteiger partial charge is 0.409 e. The van der Waals surface area contributed by atoms with Gasteiger partial charge in [0.05, 0.1) is 13.0 Å². The number of rotatable bonds is 7. The zero-order chi connectivity index (χ0) is 21.2. The summed E-state index contributed by atoms with van der Waals surface area (Å²) in [6.07, 6.45) is -1.60. The molecule has 0 radical (unpaired) electrons. The lowest BCUT2D eigenvalue weighted by Gasteiger charge is -2.35. The molecule has 0 bridgehead atoms. The fraction of sp³-hybridized carbons (Fsp3) is 0.474. The highest BCUT2D eigenvalue weighted by Gasteiger charge is 2.31. The van der Waals surface area contributed by atoms with Crippen molar-refractivity contribution in [3.63, 3.8) is 0 Å². The highest BCUT2D eigenvalue weighted by Crippen LogP contribution is 2.08. The molecule has 1 fully saturated rings. The molecule has 0 saturated carbocycles. The van der Waals surface area contributed by atoms with E-state index in [2.05, 4.69) is 5.32 Å². The van der Waals surface area contributed by atoms with Crippen molar-refractivity contribution in [1.29, 1.82) is 0 Å². The number of ether oxygens (including phenoxy) is 2. The molecule has 0 aliphatic carbocycles. The molecular formula is C19H26N4O6. The van der Waals surface area contributed by atoms with Gasteiger partial charge in [-0.3, -0.25) is 9.59 Å². The average Bonchev–Trinajstić information content (AvgIpc) is 2.72.